The van der Waals surface area contributed by atoms with Crippen LogP contribution in [0.4, 0.5) is 8.78 Å². The average Bonchev–Trinajstić information content (AvgIpc) is 2.80. The first-order valence-electron chi connectivity index (χ1n) is 5.65. The number of fused-ring (bicyclic) bond motifs is 1. The molecular formula is C14H9F2NOS. The van der Waals surface area contributed by atoms with Crippen LogP contribution < -0.4 is 5.56 Å². The molecule has 0 aliphatic rings. The second-order valence-corrected chi connectivity index (χ2v) is 5.17. The van der Waals surface area contributed by atoms with E-state index in [1.54, 1.807) is 12.3 Å². The molecule has 0 atom stereocenters. The van der Waals surface area contributed by atoms with Crippen molar-refractivity contribution < 1.29 is 8.78 Å². The van der Waals surface area contributed by atoms with Crippen LogP contribution >= 0.6 is 11.3 Å². The highest BCUT2D eigenvalue weighted by Crippen LogP contribution is 2.17. The molecule has 19 heavy (non-hydrogen) atoms. The Morgan fingerprint density at radius 1 is 1.11 bits per heavy atom. The SMILES string of the molecule is O=c1c2ccsc2ccn1Cc1cc(F)cc(F)c1. The van der Waals surface area contributed by atoms with Crippen molar-refractivity contribution in [1.82, 2.24) is 4.57 Å². The van der Waals surface area contributed by atoms with Gasteiger partial charge in [0.25, 0.3) is 5.56 Å². The first kappa shape index (κ1) is 12.0. The lowest BCUT2D eigenvalue weighted by Crippen LogP contribution is -2.19. The minimum absolute atomic E-state index is 0.150. The van der Waals surface area contributed by atoms with E-state index in [1.165, 1.54) is 28.0 Å². The molecule has 3 aromatic rings. The maximum atomic E-state index is 13.1. The molecule has 0 fully saturated rings. The zero-order valence-corrected chi connectivity index (χ0v) is 10.6. The van der Waals surface area contributed by atoms with Crippen LogP contribution in [-0.2, 0) is 6.54 Å². The van der Waals surface area contributed by atoms with Crippen molar-refractivity contribution >= 4 is 21.4 Å². The van der Waals surface area contributed by atoms with Gasteiger partial charge in [0.1, 0.15) is 11.6 Å². The number of thiophene rings is 1. The van der Waals surface area contributed by atoms with Crippen molar-refractivity contribution in [3.8, 4) is 0 Å². The number of pyridine rings is 1. The third-order valence-electron chi connectivity index (χ3n) is 2.87. The summed E-state index contributed by atoms with van der Waals surface area (Å²) in [5.74, 6) is -1.28. The summed E-state index contributed by atoms with van der Waals surface area (Å²) < 4.78 is 28.6. The van der Waals surface area contributed by atoms with Gasteiger partial charge < -0.3 is 4.57 Å². The van der Waals surface area contributed by atoms with E-state index in [9.17, 15) is 13.6 Å². The van der Waals surface area contributed by atoms with E-state index in [-0.39, 0.29) is 12.1 Å². The van der Waals surface area contributed by atoms with Crippen LogP contribution in [0.25, 0.3) is 10.1 Å². The second-order valence-electron chi connectivity index (χ2n) is 4.23. The normalized spacial score (nSPS) is 11.1. The predicted molar refractivity (Wildman–Crippen MR) is 71.5 cm³/mol. The van der Waals surface area contributed by atoms with Gasteiger partial charge in [0.15, 0.2) is 0 Å². The van der Waals surface area contributed by atoms with Gasteiger partial charge in [-0.15, -0.1) is 11.3 Å². The van der Waals surface area contributed by atoms with Crippen LogP contribution in [0.3, 0.4) is 0 Å². The second kappa shape index (κ2) is 4.59. The summed E-state index contributed by atoms with van der Waals surface area (Å²) in [5.41, 5.74) is 0.276. The molecule has 0 spiro atoms. The van der Waals surface area contributed by atoms with Crippen LogP contribution in [0, 0.1) is 11.6 Å². The summed E-state index contributed by atoms with van der Waals surface area (Å²) in [6.07, 6.45) is 1.64. The quantitative estimate of drug-likeness (QED) is 0.703. The fourth-order valence-corrected chi connectivity index (χ4v) is 2.80. The lowest BCUT2D eigenvalue weighted by Gasteiger charge is -2.06. The molecule has 2 aromatic heterocycles. The van der Waals surface area contributed by atoms with Gasteiger partial charge in [-0.1, -0.05) is 0 Å². The van der Waals surface area contributed by atoms with Crippen LogP contribution in [-0.4, -0.2) is 4.57 Å². The lowest BCUT2D eigenvalue weighted by atomic mass is 10.2. The fraction of sp³-hybridized carbons (Fsp3) is 0.0714. The number of rotatable bonds is 2. The molecule has 96 valence electrons. The average molecular weight is 277 g/mol. The lowest BCUT2D eigenvalue weighted by molar-refractivity contribution is 0.577. The van der Waals surface area contributed by atoms with Crippen LogP contribution in [0.5, 0.6) is 0 Å². The maximum Gasteiger partial charge on any atom is 0.259 e. The van der Waals surface area contributed by atoms with Gasteiger partial charge in [0.2, 0.25) is 0 Å². The molecule has 0 radical (unpaired) electrons. The summed E-state index contributed by atoms with van der Waals surface area (Å²) in [4.78, 5) is 12.1. The molecule has 0 aliphatic carbocycles. The topological polar surface area (TPSA) is 22.0 Å². The smallest absolute Gasteiger partial charge is 0.259 e. The Hall–Kier alpha value is -2.01. The summed E-state index contributed by atoms with van der Waals surface area (Å²) in [5, 5.41) is 2.47. The number of nitrogens with zero attached hydrogens (tertiary/aromatic N) is 1. The van der Waals surface area contributed by atoms with E-state index in [1.807, 2.05) is 11.4 Å². The highest BCUT2D eigenvalue weighted by atomic mass is 32.1. The third-order valence-corrected chi connectivity index (χ3v) is 3.75. The zero-order valence-electron chi connectivity index (χ0n) is 9.77. The molecule has 0 bridgehead atoms. The molecule has 5 heteroatoms. The number of aromatic nitrogens is 1. The highest BCUT2D eigenvalue weighted by Gasteiger charge is 2.06. The van der Waals surface area contributed by atoms with Crippen molar-refractivity contribution in [3.63, 3.8) is 0 Å². The minimum atomic E-state index is -0.639. The Labute approximate surface area is 111 Å². The van der Waals surface area contributed by atoms with E-state index in [0.29, 0.717) is 10.9 Å². The molecule has 0 amide bonds. The largest absolute Gasteiger partial charge is 0.311 e. The van der Waals surface area contributed by atoms with Crippen molar-refractivity contribution in [3.05, 3.63) is 69.5 Å². The van der Waals surface area contributed by atoms with Gasteiger partial charge in [0, 0.05) is 17.0 Å². The van der Waals surface area contributed by atoms with Crippen LogP contribution in [0.1, 0.15) is 5.56 Å². The standard InChI is InChI=1S/C14H9F2NOS/c15-10-5-9(6-11(16)7-10)8-17-3-1-13-12(14(17)18)2-4-19-13/h1-7H,8H2. The number of hydrogen-bond acceptors (Lipinski definition) is 2. The Balaban J connectivity index is 2.05. The van der Waals surface area contributed by atoms with E-state index in [4.69, 9.17) is 0 Å². The fourth-order valence-electron chi connectivity index (χ4n) is 2.03. The molecule has 0 unspecified atom stereocenters. The Bertz CT molecular complexity index is 786. The monoisotopic (exact) mass is 277 g/mol. The van der Waals surface area contributed by atoms with Gasteiger partial charge >= 0.3 is 0 Å². The van der Waals surface area contributed by atoms with Crippen molar-refractivity contribution in [2.45, 2.75) is 6.54 Å². The molecule has 0 saturated carbocycles. The summed E-state index contributed by atoms with van der Waals surface area (Å²) in [7, 11) is 0. The van der Waals surface area contributed by atoms with Crippen molar-refractivity contribution in [2.75, 3.05) is 0 Å². The number of halogens is 2. The molecule has 0 aliphatic heterocycles. The molecule has 3 rings (SSSR count). The van der Waals surface area contributed by atoms with Crippen molar-refractivity contribution in [1.29, 1.82) is 0 Å². The molecule has 2 nitrogen and oxygen atoms in total. The van der Waals surface area contributed by atoms with Gasteiger partial charge in [-0.2, -0.15) is 0 Å². The Kier molecular flexibility index (Phi) is 2.91. The predicted octanol–water partition coefficient (Wildman–Crippen LogP) is 3.39. The minimum Gasteiger partial charge on any atom is -0.311 e. The molecule has 0 saturated heterocycles. The van der Waals surface area contributed by atoms with Gasteiger partial charge in [-0.05, 0) is 35.2 Å². The molecule has 1 aromatic carbocycles. The third kappa shape index (κ3) is 2.29. The van der Waals surface area contributed by atoms with E-state index in [2.05, 4.69) is 0 Å². The number of benzene rings is 1. The molecule has 0 N–H and O–H groups in total. The van der Waals surface area contributed by atoms with E-state index < -0.39 is 11.6 Å². The van der Waals surface area contributed by atoms with Crippen LogP contribution in [0.15, 0.2) is 46.7 Å². The van der Waals surface area contributed by atoms with Crippen molar-refractivity contribution in [2.24, 2.45) is 0 Å². The van der Waals surface area contributed by atoms with Crippen LogP contribution in [0.2, 0.25) is 0 Å². The zero-order chi connectivity index (χ0) is 13.4. The van der Waals surface area contributed by atoms with E-state index >= 15 is 0 Å². The van der Waals surface area contributed by atoms with Gasteiger partial charge in [-0.25, -0.2) is 8.78 Å². The summed E-state index contributed by atoms with van der Waals surface area (Å²) in [6.45, 7) is 0.152. The maximum absolute atomic E-state index is 13.1. The Morgan fingerprint density at radius 2 is 1.84 bits per heavy atom. The molecular weight excluding hydrogens is 268 g/mol. The summed E-state index contributed by atoms with van der Waals surface area (Å²) in [6, 6.07) is 6.86. The van der Waals surface area contributed by atoms with Gasteiger partial charge in [0.05, 0.1) is 11.9 Å². The van der Waals surface area contributed by atoms with E-state index in [0.717, 1.165) is 10.8 Å². The first-order chi connectivity index (χ1) is 9.13. The first-order valence-corrected chi connectivity index (χ1v) is 6.53. The highest BCUT2D eigenvalue weighted by molar-refractivity contribution is 7.17. The number of hydrogen-bond donors (Lipinski definition) is 0. The molecule has 2 heterocycles. The summed E-state index contributed by atoms with van der Waals surface area (Å²) >= 11 is 1.49. The van der Waals surface area contributed by atoms with Gasteiger partial charge in [-0.3, -0.25) is 4.79 Å². The Morgan fingerprint density at radius 3 is 2.58 bits per heavy atom.